The van der Waals surface area contributed by atoms with E-state index in [1.807, 2.05) is 6.92 Å². The minimum absolute atomic E-state index is 0.224. The van der Waals surface area contributed by atoms with Crippen LogP contribution in [0.2, 0.25) is 0 Å². The van der Waals surface area contributed by atoms with Crippen molar-refractivity contribution >= 4 is 11.3 Å². The molecule has 1 aliphatic carbocycles. The van der Waals surface area contributed by atoms with E-state index >= 15 is 0 Å². The van der Waals surface area contributed by atoms with E-state index in [2.05, 4.69) is 17.2 Å². The fourth-order valence-corrected chi connectivity index (χ4v) is 4.00. The Labute approximate surface area is 121 Å². The van der Waals surface area contributed by atoms with Crippen molar-refractivity contribution in [2.45, 2.75) is 58.2 Å². The van der Waals surface area contributed by atoms with Gasteiger partial charge in [-0.3, -0.25) is 0 Å². The van der Waals surface area contributed by atoms with Gasteiger partial charge in [0.15, 0.2) is 5.69 Å². The molecular formula is C14H21F3N2S. The zero-order valence-corrected chi connectivity index (χ0v) is 12.7. The molecule has 2 unspecified atom stereocenters. The Morgan fingerprint density at radius 2 is 2.05 bits per heavy atom. The number of nitrogens with zero attached hydrogens (tertiary/aromatic N) is 1. The summed E-state index contributed by atoms with van der Waals surface area (Å²) in [5.41, 5.74) is -0.682. The lowest BCUT2D eigenvalue weighted by Crippen LogP contribution is -2.15. The second kappa shape index (κ2) is 6.43. The summed E-state index contributed by atoms with van der Waals surface area (Å²) in [6, 6.07) is 0. The fourth-order valence-electron chi connectivity index (χ4n) is 2.79. The second-order valence-corrected chi connectivity index (χ2v) is 6.50. The molecule has 1 saturated carbocycles. The van der Waals surface area contributed by atoms with E-state index in [4.69, 9.17) is 0 Å². The third kappa shape index (κ3) is 3.52. The summed E-state index contributed by atoms with van der Waals surface area (Å²) < 4.78 is 39.1. The first-order valence-electron chi connectivity index (χ1n) is 7.23. The molecule has 0 aromatic carbocycles. The van der Waals surface area contributed by atoms with Crippen LogP contribution in [0.3, 0.4) is 0 Å². The standard InChI is InChI=1S/C14H21F3N2S/c1-3-9-5-6-10(7-9)13-19-12(14(15,16)17)11(20-13)8-18-4-2/h9-10,18H,3-8H2,1-2H3. The van der Waals surface area contributed by atoms with Crippen LogP contribution in [-0.4, -0.2) is 11.5 Å². The molecular weight excluding hydrogens is 285 g/mol. The minimum Gasteiger partial charge on any atom is -0.312 e. The summed E-state index contributed by atoms with van der Waals surface area (Å²) >= 11 is 1.24. The molecule has 0 amide bonds. The van der Waals surface area contributed by atoms with E-state index in [0.717, 1.165) is 25.7 Å². The molecule has 2 atom stereocenters. The molecule has 0 radical (unpaired) electrons. The van der Waals surface area contributed by atoms with Gasteiger partial charge >= 0.3 is 6.18 Å². The molecule has 0 spiro atoms. The second-order valence-electron chi connectivity index (χ2n) is 5.39. The van der Waals surface area contributed by atoms with E-state index in [9.17, 15) is 13.2 Å². The van der Waals surface area contributed by atoms with Gasteiger partial charge in [0.05, 0.1) is 9.88 Å². The van der Waals surface area contributed by atoms with Crippen LogP contribution in [-0.2, 0) is 12.7 Å². The summed E-state index contributed by atoms with van der Waals surface area (Å²) in [4.78, 5) is 4.27. The summed E-state index contributed by atoms with van der Waals surface area (Å²) in [6.07, 6.45) is -0.156. The summed E-state index contributed by atoms with van der Waals surface area (Å²) in [7, 11) is 0. The number of thiazole rings is 1. The molecule has 1 heterocycles. The van der Waals surface area contributed by atoms with Crippen LogP contribution in [0, 0.1) is 5.92 Å². The van der Waals surface area contributed by atoms with Crippen molar-refractivity contribution in [3.8, 4) is 0 Å². The summed E-state index contributed by atoms with van der Waals surface area (Å²) in [5.74, 6) is 0.872. The predicted molar refractivity (Wildman–Crippen MR) is 74.9 cm³/mol. The van der Waals surface area contributed by atoms with Gasteiger partial charge < -0.3 is 5.32 Å². The molecule has 2 nitrogen and oxygen atoms in total. The molecule has 6 heteroatoms. The molecule has 0 aliphatic heterocycles. The number of rotatable bonds is 5. The van der Waals surface area contributed by atoms with Crippen molar-refractivity contribution in [2.24, 2.45) is 5.92 Å². The highest BCUT2D eigenvalue weighted by Gasteiger charge is 2.38. The highest BCUT2D eigenvalue weighted by Crippen LogP contribution is 2.43. The highest BCUT2D eigenvalue weighted by atomic mass is 32.1. The number of alkyl halides is 3. The Balaban J connectivity index is 2.20. The number of halogens is 3. The van der Waals surface area contributed by atoms with Crippen molar-refractivity contribution in [3.63, 3.8) is 0 Å². The van der Waals surface area contributed by atoms with Crippen molar-refractivity contribution in [3.05, 3.63) is 15.6 Å². The number of hydrogen-bond donors (Lipinski definition) is 1. The predicted octanol–water partition coefficient (Wildman–Crippen LogP) is 4.57. The molecule has 1 aromatic rings. The largest absolute Gasteiger partial charge is 0.434 e. The zero-order valence-electron chi connectivity index (χ0n) is 11.9. The Morgan fingerprint density at radius 3 is 2.60 bits per heavy atom. The lowest BCUT2D eigenvalue weighted by Gasteiger charge is -2.06. The quantitative estimate of drug-likeness (QED) is 0.862. The Hall–Kier alpha value is -0.620. The lowest BCUT2D eigenvalue weighted by atomic mass is 10.0. The smallest absolute Gasteiger partial charge is 0.312 e. The van der Waals surface area contributed by atoms with Gasteiger partial charge in [-0.05, 0) is 31.7 Å². The number of aromatic nitrogens is 1. The van der Waals surface area contributed by atoms with Crippen molar-refractivity contribution in [1.82, 2.24) is 10.3 Å². The molecule has 0 bridgehead atoms. The maximum absolute atomic E-state index is 13.0. The first kappa shape index (κ1) is 15.8. The topological polar surface area (TPSA) is 24.9 Å². The van der Waals surface area contributed by atoms with Crippen LogP contribution in [0.4, 0.5) is 13.2 Å². The summed E-state index contributed by atoms with van der Waals surface area (Å²) in [5, 5.41) is 3.65. The number of nitrogens with one attached hydrogen (secondary N) is 1. The van der Waals surface area contributed by atoms with E-state index in [1.165, 1.54) is 11.3 Å². The van der Waals surface area contributed by atoms with E-state index < -0.39 is 11.9 Å². The monoisotopic (exact) mass is 306 g/mol. The van der Waals surface area contributed by atoms with Gasteiger partial charge in [0.2, 0.25) is 0 Å². The highest BCUT2D eigenvalue weighted by molar-refractivity contribution is 7.11. The van der Waals surface area contributed by atoms with E-state index in [1.54, 1.807) is 0 Å². The first-order valence-corrected chi connectivity index (χ1v) is 8.04. The lowest BCUT2D eigenvalue weighted by molar-refractivity contribution is -0.141. The maximum Gasteiger partial charge on any atom is 0.434 e. The first-order chi connectivity index (χ1) is 9.45. The van der Waals surface area contributed by atoms with E-state index in [-0.39, 0.29) is 12.5 Å². The van der Waals surface area contributed by atoms with Gasteiger partial charge in [-0.1, -0.05) is 20.3 Å². The average Bonchev–Trinajstić information content (AvgIpc) is 3.01. The molecule has 1 aromatic heterocycles. The Morgan fingerprint density at radius 1 is 1.30 bits per heavy atom. The average molecular weight is 306 g/mol. The van der Waals surface area contributed by atoms with Crippen molar-refractivity contribution in [2.75, 3.05) is 6.54 Å². The third-order valence-electron chi connectivity index (χ3n) is 3.99. The van der Waals surface area contributed by atoms with Gasteiger partial charge in [-0.25, -0.2) is 4.98 Å². The molecule has 1 N–H and O–H groups in total. The van der Waals surface area contributed by atoms with Gasteiger partial charge in [0.25, 0.3) is 0 Å². The molecule has 114 valence electrons. The maximum atomic E-state index is 13.0. The van der Waals surface area contributed by atoms with Gasteiger partial charge in [0.1, 0.15) is 0 Å². The van der Waals surface area contributed by atoms with Crippen LogP contribution in [0.25, 0.3) is 0 Å². The third-order valence-corrected chi connectivity index (χ3v) is 5.20. The Bertz CT molecular complexity index is 442. The summed E-state index contributed by atoms with van der Waals surface area (Å²) in [6.45, 7) is 4.95. The van der Waals surface area contributed by atoms with Gasteiger partial charge in [-0.15, -0.1) is 11.3 Å². The molecule has 1 fully saturated rings. The Kier molecular flexibility index (Phi) is 5.07. The van der Waals surface area contributed by atoms with E-state index in [0.29, 0.717) is 22.3 Å². The van der Waals surface area contributed by atoms with Crippen LogP contribution >= 0.6 is 11.3 Å². The molecule has 1 aliphatic rings. The van der Waals surface area contributed by atoms with Gasteiger partial charge in [-0.2, -0.15) is 13.2 Å². The van der Waals surface area contributed by atoms with Gasteiger partial charge in [0, 0.05) is 12.5 Å². The number of hydrogen-bond acceptors (Lipinski definition) is 3. The van der Waals surface area contributed by atoms with Crippen LogP contribution in [0.15, 0.2) is 0 Å². The molecule has 2 rings (SSSR count). The van der Waals surface area contributed by atoms with Crippen LogP contribution < -0.4 is 5.32 Å². The minimum atomic E-state index is -4.34. The molecule has 20 heavy (non-hydrogen) atoms. The normalized spacial score (nSPS) is 23.4. The molecule has 0 saturated heterocycles. The zero-order chi connectivity index (χ0) is 14.8. The van der Waals surface area contributed by atoms with Crippen molar-refractivity contribution < 1.29 is 13.2 Å². The fraction of sp³-hybridized carbons (Fsp3) is 0.786. The SMILES string of the molecule is CCNCc1sc(C2CCC(CC)C2)nc1C(F)(F)F. The van der Waals surface area contributed by atoms with Crippen LogP contribution in [0.1, 0.15) is 61.0 Å². The van der Waals surface area contributed by atoms with Crippen molar-refractivity contribution in [1.29, 1.82) is 0 Å². The van der Waals surface area contributed by atoms with Crippen LogP contribution in [0.5, 0.6) is 0 Å².